The van der Waals surface area contributed by atoms with Gasteiger partial charge in [0, 0.05) is 11.8 Å². The number of hydrogen-bond acceptors (Lipinski definition) is 8. The summed E-state index contributed by atoms with van der Waals surface area (Å²) in [5, 5.41) is 0. The fourth-order valence-corrected chi connectivity index (χ4v) is 3.69. The van der Waals surface area contributed by atoms with Crippen molar-refractivity contribution in [1.29, 1.82) is 4.78 Å². The van der Waals surface area contributed by atoms with Crippen molar-refractivity contribution in [2.45, 2.75) is 25.7 Å². The maximum Gasteiger partial charge on any atom is 0.399 e. The first-order chi connectivity index (χ1) is 9.36. The van der Waals surface area contributed by atoms with Crippen LogP contribution in [0.25, 0.3) is 0 Å². The third kappa shape index (κ3) is 5.26. The van der Waals surface area contributed by atoms with Gasteiger partial charge in [-0.2, -0.15) is 12.6 Å². The Balaban J connectivity index is 1.56. The maximum absolute atomic E-state index is 11.1. The smallest absolute Gasteiger partial charge is 0.264 e. The van der Waals surface area contributed by atoms with Crippen molar-refractivity contribution in [3.05, 3.63) is 0 Å². The molecule has 10 heteroatoms. The molecule has 0 radical (unpaired) electrons. The van der Waals surface area contributed by atoms with Gasteiger partial charge in [0.15, 0.2) is 0 Å². The largest absolute Gasteiger partial charge is 0.399 e. The van der Waals surface area contributed by atoms with Crippen LogP contribution in [0.3, 0.4) is 0 Å². The molecule has 2 fully saturated rings. The topological polar surface area (TPSA) is 112 Å². The van der Waals surface area contributed by atoms with E-state index in [0.29, 0.717) is 0 Å². The lowest BCUT2D eigenvalue weighted by Gasteiger charge is -2.24. The molecule has 0 aromatic rings. The summed E-state index contributed by atoms with van der Waals surface area (Å²) in [5.41, 5.74) is 0. The van der Waals surface area contributed by atoms with Gasteiger partial charge in [0.2, 0.25) is 0 Å². The second-order valence-electron chi connectivity index (χ2n) is 5.02. The first kappa shape index (κ1) is 16.1. The van der Waals surface area contributed by atoms with E-state index in [4.69, 9.17) is 13.1 Å². The molecule has 2 saturated heterocycles. The Labute approximate surface area is 119 Å². The van der Waals surface area contributed by atoms with Crippen molar-refractivity contribution in [3.63, 3.8) is 0 Å². The van der Waals surface area contributed by atoms with E-state index in [2.05, 4.69) is 8.37 Å². The van der Waals surface area contributed by atoms with Gasteiger partial charge in [-0.25, -0.2) is 13.1 Å². The second kappa shape index (κ2) is 6.67. The van der Waals surface area contributed by atoms with Gasteiger partial charge in [0.25, 0.3) is 10.3 Å². The Hall–Kier alpha value is -0.260. The molecule has 8 nitrogen and oxygen atoms in total. The molecule has 0 unspecified atom stereocenters. The van der Waals surface area contributed by atoms with Gasteiger partial charge < -0.3 is 0 Å². The van der Waals surface area contributed by atoms with Gasteiger partial charge in [0.05, 0.1) is 26.4 Å². The van der Waals surface area contributed by atoms with Crippen LogP contribution in [0.1, 0.15) is 25.7 Å². The van der Waals surface area contributed by atoms with Crippen LogP contribution in [-0.2, 0) is 37.4 Å². The normalized spacial score (nSPS) is 34.9. The highest BCUT2D eigenvalue weighted by atomic mass is 32.3. The molecular weight excluding hydrogens is 310 g/mol. The van der Waals surface area contributed by atoms with Crippen LogP contribution in [0.5, 0.6) is 0 Å². The molecule has 118 valence electrons. The predicted molar refractivity (Wildman–Crippen MR) is 69.0 cm³/mol. The van der Waals surface area contributed by atoms with Gasteiger partial charge in [-0.15, -0.1) is 0 Å². The molecule has 2 aliphatic heterocycles. The fraction of sp³-hybridized carbons (Fsp3) is 1.00. The Morgan fingerprint density at radius 1 is 0.800 bits per heavy atom. The summed E-state index contributed by atoms with van der Waals surface area (Å²) in [6, 6.07) is 0. The summed E-state index contributed by atoms with van der Waals surface area (Å²) in [4.78, 5) is 0. The molecule has 0 aromatic heterocycles. The zero-order valence-electron chi connectivity index (χ0n) is 11.0. The van der Waals surface area contributed by atoms with Gasteiger partial charge in [0.1, 0.15) is 0 Å². The van der Waals surface area contributed by atoms with E-state index in [1.54, 1.807) is 0 Å². The van der Waals surface area contributed by atoms with Gasteiger partial charge in [-0.05, 0) is 12.8 Å². The van der Waals surface area contributed by atoms with Crippen molar-refractivity contribution >= 4 is 20.7 Å². The van der Waals surface area contributed by atoms with Crippen molar-refractivity contribution in [1.82, 2.24) is 0 Å². The summed E-state index contributed by atoms with van der Waals surface area (Å²) in [7, 11) is -7.02. The third-order valence-corrected chi connectivity index (χ3v) is 5.03. The lowest BCUT2D eigenvalue weighted by atomic mass is 9.99. The summed E-state index contributed by atoms with van der Waals surface area (Å²) in [5.74, 6) is 0.263. The molecule has 0 aliphatic carbocycles. The van der Waals surface area contributed by atoms with Crippen molar-refractivity contribution in [3.8, 4) is 0 Å². The van der Waals surface area contributed by atoms with E-state index >= 15 is 0 Å². The first-order valence-electron chi connectivity index (χ1n) is 6.47. The Bertz CT molecular complexity index is 440. The highest BCUT2D eigenvalue weighted by Crippen LogP contribution is 2.22. The summed E-state index contributed by atoms with van der Waals surface area (Å²) in [6.07, 6.45) is 3.55. The van der Waals surface area contributed by atoms with E-state index in [9.17, 15) is 12.6 Å². The number of hydrogen-bond donors (Lipinski definition) is 1. The van der Waals surface area contributed by atoms with Crippen LogP contribution in [0.15, 0.2) is 0 Å². The predicted octanol–water partition coefficient (Wildman–Crippen LogP) is 0.994. The van der Waals surface area contributed by atoms with Crippen molar-refractivity contribution < 1.29 is 29.4 Å². The Kier molecular flexibility index (Phi) is 5.37. The van der Waals surface area contributed by atoms with E-state index in [0.717, 1.165) is 25.7 Å². The second-order valence-corrected chi connectivity index (χ2v) is 7.68. The monoisotopic (exact) mass is 329 g/mol. The van der Waals surface area contributed by atoms with Crippen molar-refractivity contribution in [2.24, 2.45) is 11.8 Å². The van der Waals surface area contributed by atoms with Crippen LogP contribution in [-0.4, -0.2) is 39.1 Å². The van der Waals surface area contributed by atoms with Crippen LogP contribution >= 0.6 is 0 Å². The average molecular weight is 329 g/mol. The summed E-state index contributed by atoms with van der Waals surface area (Å²) < 4.78 is 58.8. The molecule has 1 N–H and O–H groups in total. The lowest BCUT2D eigenvalue weighted by molar-refractivity contribution is 0.0925. The van der Waals surface area contributed by atoms with Crippen LogP contribution < -0.4 is 0 Å². The maximum atomic E-state index is 11.1. The zero-order valence-corrected chi connectivity index (χ0v) is 12.6. The van der Waals surface area contributed by atoms with E-state index in [1.165, 1.54) is 0 Å². The third-order valence-electron chi connectivity index (χ3n) is 3.29. The number of rotatable bonds is 5. The summed E-state index contributed by atoms with van der Waals surface area (Å²) >= 11 is 0. The van der Waals surface area contributed by atoms with Gasteiger partial charge in [-0.3, -0.25) is 8.37 Å². The molecule has 0 atom stereocenters. The number of unbranched alkanes of at least 4 members (excludes halogenated alkanes) is 1. The molecule has 2 rings (SSSR count). The average Bonchev–Trinajstić information content (AvgIpc) is 2.38. The molecule has 0 aromatic carbocycles. The van der Waals surface area contributed by atoms with Crippen LogP contribution in [0.2, 0.25) is 0 Å². The van der Waals surface area contributed by atoms with Gasteiger partial charge in [-0.1, -0.05) is 12.8 Å². The molecular formula is C10H19NO7S2. The zero-order chi connectivity index (χ0) is 14.6. The molecule has 0 saturated carbocycles. The van der Waals surface area contributed by atoms with E-state index in [1.807, 2.05) is 0 Å². The van der Waals surface area contributed by atoms with Crippen LogP contribution in [0.4, 0.5) is 0 Å². The van der Waals surface area contributed by atoms with Crippen LogP contribution in [0, 0.1) is 16.6 Å². The molecule has 0 bridgehead atoms. The minimum absolute atomic E-state index is 0.101. The quantitative estimate of drug-likeness (QED) is 0.749. The SMILES string of the molecule is N=S1(=O)OCC(CCCCC2COS(=O)(=O)OC2)CO1. The minimum atomic E-state index is -3.75. The lowest BCUT2D eigenvalue weighted by Crippen LogP contribution is -2.28. The molecule has 20 heavy (non-hydrogen) atoms. The summed E-state index contributed by atoms with van der Waals surface area (Å²) in [6.45, 7) is 0.935. The molecule has 2 aliphatic rings. The standard InChI is InChI=1S/C10H19NO7S2/c11-19(12)15-5-9(6-16-19)3-1-2-4-10-7-17-20(13,14)18-8-10/h9-11H,1-8H2. The number of nitrogens with one attached hydrogen (secondary N) is 1. The van der Waals surface area contributed by atoms with E-state index in [-0.39, 0.29) is 38.3 Å². The van der Waals surface area contributed by atoms with E-state index < -0.39 is 20.7 Å². The van der Waals surface area contributed by atoms with Gasteiger partial charge >= 0.3 is 10.4 Å². The Morgan fingerprint density at radius 3 is 1.65 bits per heavy atom. The molecule has 2 heterocycles. The minimum Gasteiger partial charge on any atom is -0.264 e. The molecule has 0 amide bonds. The molecule has 0 spiro atoms. The van der Waals surface area contributed by atoms with Crippen molar-refractivity contribution in [2.75, 3.05) is 26.4 Å². The highest BCUT2D eigenvalue weighted by molar-refractivity contribution is 7.83. The highest BCUT2D eigenvalue weighted by Gasteiger charge is 2.25. The fourth-order valence-electron chi connectivity index (χ4n) is 2.09. The Morgan fingerprint density at radius 2 is 1.20 bits per heavy atom. The first-order valence-corrected chi connectivity index (χ1v) is 9.22.